The van der Waals surface area contributed by atoms with Crippen LogP contribution >= 0.6 is 0 Å². The van der Waals surface area contributed by atoms with Crippen LogP contribution in [0.3, 0.4) is 0 Å². The summed E-state index contributed by atoms with van der Waals surface area (Å²) in [6.07, 6.45) is 3.19. The van der Waals surface area contributed by atoms with E-state index < -0.39 is 0 Å². The molecule has 3 aromatic heterocycles. The van der Waals surface area contributed by atoms with E-state index in [-0.39, 0.29) is 5.92 Å². The van der Waals surface area contributed by atoms with E-state index >= 15 is 0 Å². The van der Waals surface area contributed by atoms with Gasteiger partial charge in [-0.2, -0.15) is 0 Å². The molecule has 4 heterocycles. The van der Waals surface area contributed by atoms with Crippen molar-refractivity contribution >= 4 is 60.7 Å². The molecule has 0 amide bonds. The molecule has 0 fully saturated rings. The fraction of sp³-hybridized carbons (Fsp3) is 0.0417. The molecular weight excluding hydrogens is 637 g/mol. The molecule has 2 aliphatic rings. The monoisotopic (exact) mass is 666 g/mol. The Labute approximate surface area is 299 Å². The molecular formula is C48H30N2O2. The first kappa shape index (κ1) is 28.0. The molecule has 0 saturated heterocycles. The van der Waals surface area contributed by atoms with Gasteiger partial charge in [0.05, 0.1) is 28.2 Å². The lowest BCUT2D eigenvalue weighted by molar-refractivity contribution is 0.429. The minimum atomic E-state index is 0.224. The van der Waals surface area contributed by atoms with Gasteiger partial charge in [-0.25, -0.2) is 0 Å². The van der Waals surface area contributed by atoms with Crippen LogP contribution in [0.1, 0.15) is 22.7 Å². The number of furan rings is 1. The highest BCUT2D eigenvalue weighted by Crippen LogP contribution is 2.49. The lowest BCUT2D eigenvalue weighted by atomic mass is 9.86. The second-order valence-corrected chi connectivity index (χ2v) is 14.1. The SMILES string of the molecule is C1=C2Oc3ccccc3C2Cc2c1n(-c1cc(-c3ccccc3)cc(-n3c4ccccc4c4cc5c(cc43)oc3ccccc35)c1)c1ccccc21. The number of nitrogens with zero attached hydrogens (tertiary/aromatic N) is 2. The first-order valence-corrected chi connectivity index (χ1v) is 17.9. The van der Waals surface area contributed by atoms with Crippen molar-refractivity contribution in [3.05, 3.63) is 180 Å². The summed E-state index contributed by atoms with van der Waals surface area (Å²) < 4.78 is 17.8. The number of benzene rings is 7. The number of aromatic nitrogens is 2. The fourth-order valence-corrected chi connectivity index (χ4v) is 8.98. The van der Waals surface area contributed by atoms with Crippen molar-refractivity contribution in [1.82, 2.24) is 9.13 Å². The van der Waals surface area contributed by atoms with Gasteiger partial charge >= 0.3 is 0 Å². The third kappa shape index (κ3) is 3.86. The highest BCUT2D eigenvalue weighted by molar-refractivity contribution is 6.17. The second kappa shape index (κ2) is 10.4. The molecule has 0 saturated carbocycles. The molecule has 10 aromatic rings. The van der Waals surface area contributed by atoms with Gasteiger partial charge < -0.3 is 18.3 Å². The van der Waals surface area contributed by atoms with Crippen LogP contribution in [-0.2, 0) is 6.42 Å². The van der Waals surface area contributed by atoms with Crippen molar-refractivity contribution < 1.29 is 9.15 Å². The van der Waals surface area contributed by atoms with Gasteiger partial charge in [-0.1, -0.05) is 103 Å². The molecule has 0 spiro atoms. The van der Waals surface area contributed by atoms with Crippen LogP contribution in [0.4, 0.5) is 0 Å². The van der Waals surface area contributed by atoms with E-state index in [1.54, 1.807) is 0 Å². The standard InChI is InChI=1S/C48H30N2O2/c1-2-12-29(13-3-1)30-22-31(49-41-18-8-4-14-33(41)37-25-39-35-16-6-10-20-45(35)51-47(39)27-43(37)49)24-32(23-30)50-42-19-9-5-15-34(42)38-26-40-36-17-7-11-21-46(36)52-48(40)28-44(38)50/h1-25,27-28,40H,26H2. The summed E-state index contributed by atoms with van der Waals surface area (Å²) in [6, 6.07) is 56.7. The molecule has 1 atom stereocenters. The number of hydrogen-bond acceptors (Lipinski definition) is 2. The summed E-state index contributed by atoms with van der Waals surface area (Å²) in [7, 11) is 0. The van der Waals surface area contributed by atoms with Gasteiger partial charge in [-0.05, 0) is 71.6 Å². The summed E-state index contributed by atoms with van der Waals surface area (Å²) >= 11 is 0. The Hall–Kier alpha value is -6.78. The van der Waals surface area contributed by atoms with Crippen LogP contribution in [0.2, 0.25) is 0 Å². The van der Waals surface area contributed by atoms with Crippen LogP contribution in [0, 0.1) is 0 Å². The lowest BCUT2D eigenvalue weighted by Crippen LogP contribution is -2.11. The van der Waals surface area contributed by atoms with Crippen molar-refractivity contribution in [2.45, 2.75) is 12.3 Å². The Balaban J connectivity index is 1.15. The van der Waals surface area contributed by atoms with Crippen molar-refractivity contribution in [3.8, 4) is 28.3 Å². The molecule has 244 valence electrons. The topological polar surface area (TPSA) is 32.2 Å². The minimum Gasteiger partial charge on any atom is -0.461 e. The zero-order valence-electron chi connectivity index (χ0n) is 28.1. The van der Waals surface area contributed by atoms with Gasteiger partial charge in [-0.15, -0.1) is 0 Å². The lowest BCUT2D eigenvalue weighted by Gasteiger charge is -2.20. The fourth-order valence-electron chi connectivity index (χ4n) is 8.98. The summed E-state index contributed by atoms with van der Waals surface area (Å²) in [4.78, 5) is 0. The summed E-state index contributed by atoms with van der Waals surface area (Å²) in [6.45, 7) is 0. The predicted octanol–water partition coefficient (Wildman–Crippen LogP) is 12.4. The second-order valence-electron chi connectivity index (χ2n) is 14.1. The zero-order valence-corrected chi connectivity index (χ0v) is 28.1. The number of allylic oxidation sites excluding steroid dienone is 1. The van der Waals surface area contributed by atoms with E-state index in [0.29, 0.717) is 0 Å². The first-order chi connectivity index (χ1) is 25.8. The minimum absolute atomic E-state index is 0.224. The van der Waals surface area contributed by atoms with Crippen LogP contribution in [0.15, 0.2) is 168 Å². The van der Waals surface area contributed by atoms with Crippen LogP contribution in [0.5, 0.6) is 5.75 Å². The Bertz CT molecular complexity index is 3140. The Morgan fingerprint density at radius 2 is 1.17 bits per heavy atom. The Morgan fingerprint density at radius 3 is 2.04 bits per heavy atom. The van der Waals surface area contributed by atoms with E-state index in [0.717, 1.165) is 67.8 Å². The van der Waals surface area contributed by atoms with Crippen molar-refractivity contribution in [2.75, 3.05) is 0 Å². The molecule has 7 aromatic carbocycles. The number of rotatable bonds is 3. The van der Waals surface area contributed by atoms with Crippen LogP contribution in [0.25, 0.3) is 83.2 Å². The maximum Gasteiger partial charge on any atom is 0.137 e. The molecule has 0 radical (unpaired) electrons. The molecule has 0 N–H and O–H groups in total. The van der Waals surface area contributed by atoms with Crippen molar-refractivity contribution in [3.63, 3.8) is 0 Å². The predicted molar refractivity (Wildman–Crippen MR) is 212 cm³/mol. The molecule has 12 rings (SSSR count). The summed E-state index contributed by atoms with van der Waals surface area (Å²) in [5.41, 5.74) is 13.6. The highest BCUT2D eigenvalue weighted by Gasteiger charge is 2.35. The molecule has 0 bridgehead atoms. The van der Waals surface area contributed by atoms with Gasteiger partial charge in [-0.3, -0.25) is 0 Å². The van der Waals surface area contributed by atoms with E-state index in [1.807, 2.05) is 6.07 Å². The largest absolute Gasteiger partial charge is 0.461 e. The normalized spacial score (nSPS) is 14.9. The Morgan fingerprint density at radius 1 is 0.481 bits per heavy atom. The number of para-hydroxylation sites is 4. The number of fused-ring (bicyclic) bond motifs is 12. The van der Waals surface area contributed by atoms with Gasteiger partial charge in [0.25, 0.3) is 0 Å². The third-order valence-electron chi connectivity index (χ3n) is 11.3. The molecule has 1 aliphatic heterocycles. The maximum absolute atomic E-state index is 6.52. The highest BCUT2D eigenvalue weighted by atomic mass is 16.5. The summed E-state index contributed by atoms with van der Waals surface area (Å²) in [5, 5.41) is 5.98. The van der Waals surface area contributed by atoms with E-state index in [4.69, 9.17) is 9.15 Å². The molecule has 4 nitrogen and oxygen atoms in total. The zero-order chi connectivity index (χ0) is 33.9. The number of hydrogen-bond donors (Lipinski definition) is 0. The molecule has 4 heteroatoms. The average molecular weight is 667 g/mol. The third-order valence-corrected chi connectivity index (χ3v) is 11.3. The maximum atomic E-state index is 6.52. The smallest absolute Gasteiger partial charge is 0.137 e. The van der Waals surface area contributed by atoms with Gasteiger partial charge in [0.2, 0.25) is 0 Å². The molecule has 1 aliphatic carbocycles. The van der Waals surface area contributed by atoms with Gasteiger partial charge in [0, 0.05) is 56.0 Å². The number of ether oxygens (including phenoxy) is 1. The van der Waals surface area contributed by atoms with E-state index in [2.05, 4.69) is 167 Å². The van der Waals surface area contributed by atoms with E-state index in [9.17, 15) is 0 Å². The summed E-state index contributed by atoms with van der Waals surface area (Å²) in [5.74, 6) is 2.22. The van der Waals surface area contributed by atoms with Crippen molar-refractivity contribution in [2.24, 2.45) is 0 Å². The molecule has 1 unspecified atom stereocenters. The first-order valence-electron chi connectivity index (χ1n) is 17.9. The van der Waals surface area contributed by atoms with Crippen LogP contribution in [-0.4, -0.2) is 9.13 Å². The van der Waals surface area contributed by atoms with Gasteiger partial charge in [0.1, 0.15) is 22.7 Å². The van der Waals surface area contributed by atoms with Gasteiger partial charge in [0.15, 0.2) is 0 Å². The van der Waals surface area contributed by atoms with Crippen molar-refractivity contribution in [1.29, 1.82) is 0 Å². The average Bonchev–Trinajstić information content (AvgIpc) is 3.93. The quantitative estimate of drug-likeness (QED) is 0.188. The Kier molecular flexibility index (Phi) is 5.58. The van der Waals surface area contributed by atoms with E-state index in [1.165, 1.54) is 44.1 Å². The van der Waals surface area contributed by atoms with Crippen LogP contribution < -0.4 is 4.74 Å². The molecule has 52 heavy (non-hydrogen) atoms.